The number of benzene rings is 1. The van der Waals surface area contributed by atoms with Gasteiger partial charge in [-0.15, -0.1) is 5.10 Å². The van der Waals surface area contributed by atoms with Crippen molar-refractivity contribution in [1.82, 2.24) is 29.5 Å². The van der Waals surface area contributed by atoms with Crippen LogP contribution >= 0.6 is 0 Å². The number of nitrogens with zero attached hydrogens (tertiary/aromatic N) is 7. The van der Waals surface area contributed by atoms with Crippen LogP contribution in [0.4, 0.5) is 18.9 Å². The van der Waals surface area contributed by atoms with E-state index in [1.54, 1.807) is 24.4 Å². The molecule has 0 amide bonds. The lowest BCUT2D eigenvalue weighted by Gasteiger charge is -2.30. The van der Waals surface area contributed by atoms with E-state index in [1.165, 1.54) is 0 Å². The molecule has 0 radical (unpaired) electrons. The zero-order chi connectivity index (χ0) is 22.5. The van der Waals surface area contributed by atoms with E-state index in [0.717, 1.165) is 40.1 Å². The molecule has 0 spiro atoms. The maximum Gasteiger partial charge on any atom is 0.436 e. The second-order valence-corrected chi connectivity index (χ2v) is 7.86. The van der Waals surface area contributed by atoms with Gasteiger partial charge < -0.3 is 9.30 Å². The third-order valence-corrected chi connectivity index (χ3v) is 5.66. The van der Waals surface area contributed by atoms with Crippen molar-refractivity contribution in [2.24, 2.45) is 0 Å². The molecule has 3 aromatic heterocycles. The first-order chi connectivity index (χ1) is 15.3. The van der Waals surface area contributed by atoms with Crippen LogP contribution in [0, 0.1) is 6.57 Å². The normalized spacial score (nSPS) is 19.5. The van der Waals surface area contributed by atoms with Crippen LogP contribution in [0.2, 0.25) is 0 Å². The molecule has 2 atom stereocenters. The zero-order valence-electron chi connectivity index (χ0n) is 17.0. The summed E-state index contributed by atoms with van der Waals surface area (Å²) in [6, 6.07) is 5.31. The summed E-state index contributed by atoms with van der Waals surface area (Å²) in [5.74, 6) is 0.556. The van der Waals surface area contributed by atoms with E-state index in [4.69, 9.17) is 16.3 Å². The summed E-state index contributed by atoms with van der Waals surface area (Å²) in [7, 11) is 0. The molecule has 4 aromatic rings. The van der Waals surface area contributed by atoms with Gasteiger partial charge in [0.2, 0.25) is 0 Å². The second-order valence-electron chi connectivity index (χ2n) is 7.86. The van der Waals surface area contributed by atoms with Crippen molar-refractivity contribution in [1.29, 1.82) is 0 Å². The van der Waals surface area contributed by atoms with Crippen LogP contribution in [0.1, 0.15) is 37.3 Å². The number of halogens is 3. The van der Waals surface area contributed by atoms with Crippen molar-refractivity contribution in [2.75, 3.05) is 6.61 Å². The van der Waals surface area contributed by atoms with Gasteiger partial charge in [0.25, 0.3) is 0 Å². The minimum Gasteiger partial charge on any atom is -0.378 e. The van der Waals surface area contributed by atoms with Crippen LogP contribution in [-0.4, -0.2) is 42.2 Å². The Balaban J connectivity index is 1.69. The fraction of sp³-hybridized carbons (Fsp3) is 0.381. The quantitative estimate of drug-likeness (QED) is 0.437. The highest BCUT2D eigenvalue weighted by atomic mass is 19.4. The van der Waals surface area contributed by atoms with Crippen LogP contribution in [0.3, 0.4) is 0 Å². The minimum absolute atomic E-state index is 0.0213. The predicted molar refractivity (Wildman–Crippen MR) is 109 cm³/mol. The Labute approximate surface area is 180 Å². The molecule has 1 aliphatic heterocycles. The van der Waals surface area contributed by atoms with Gasteiger partial charge in [0.1, 0.15) is 17.9 Å². The SMILES string of the molecule is [C-]#[N+]c1ccc2ncc3nc(Cn4cc(C(F)(F)F)nn4)n([C@@H]4CCO[C@H](C)C4)c3c2c1. The molecule has 1 aliphatic rings. The van der Waals surface area contributed by atoms with Crippen LogP contribution in [0.15, 0.2) is 30.6 Å². The van der Waals surface area contributed by atoms with E-state index < -0.39 is 11.9 Å². The molecule has 1 aromatic carbocycles. The number of ether oxygens (including phenoxy) is 1. The van der Waals surface area contributed by atoms with E-state index in [1.807, 2.05) is 6.92 Å². The summed E-state index contributed by atoms with van der Waals surface area (Å²) < 4.78 is 47.9. The van der Waals surface area contributed by atoms with Gasteiger partial charge in [0.05, 0.1) is 36.1 Å². The van der Waals surface area contributed by atoms with Gasteiger partial charge in [-0.25, -0.2) is 14.5 Å². The number of alkyl halides is 3. The smallest absolute Gasteiger partial charge is 0.378 e. The van der Waals surface area contributed by atoms with Crippen molar-refractivity contribution >= 4 is 27.6 Å². The average Bonchev–Trinajstić information content (AvgIpc) is 3.38. The molecule has 32 heavy (non-hydrogen) atoms. The molecule has 4 heterocycles. The van der Waals surface area contributed by atoms with Crippen molar-refractivity contribution < 1.29 is 17.9 Å². The summed E-state index contributed by atoms with van der Waals surface area (Å²) in [6.07, 6.45) is -0.528. The maximum atomic E-state index is 13.0. The molecular formula is C21H18F3N7O. The molecule has 11 heteroatoms. The Hall–Kier alpha value is -3.52. The summed E-state index contributed by atoms with van der Waals surface area (Å²) in [5.41, 5.74) is 1.58. The number of hydrogen-bond acceptors (Lipinski definition) is 5. The Kier molecular flexibility index (Phi) is 4.82. The number of pyridine rings is 1. The number of hydrogen-bond donors (Lipinski definition) is 0. The first kappa shape index (κ1) is 20.4. The fourth-order valence-corrected chi connectivity index (χ4v) is 4.25. The number of aromatic nitrogens is 6. The second kappa shape index (κ2) is 7.56. The fourth-order valence-electron chi connectivity index (χ4n) is 4.25. The van der Waals surface area contributed by atoms with E-state index in [9.17, 15) is 13.2 Å². The van der Waals surface area contributed by atoms with Gasteiger partial charge in [0, 0.05) is 18.0 Å². The standard InChI is InChI=1S/C21H18F3N7O/c1-12-7-14(5-6-32-12)31-19(11-30-10-18(28-29-30)21(22,23)24)27-17-9-26-16-4-3-13(25-2)8-15(16)20(17)31/h3-4,8-10,12,14H,5-7,11H2,1H3/t12-,14-/m1/s1. The summed E-state index contributed by atoms with van der Waals surface area (Å²) in [5, 5.41) is 7.68. The molecule has 0 N–H and O–H groups in total. The van der Waals surface area contributed by atoms with E-state index in [-0.39, 0.29) is 18.7 Å². The molecule has 0 aliphatic carbocycles. The third kappa shape index (κ3) is 3.56. The topological polar surface area (TPSA) is 75.0 Å². The minimum atomic E-state index is -4.56. The summed E-state index contributed by atoms with van der Waals surface area (Å²) in [4.78, 5) is 12.7. The first-order valence-corrected chi connectivity index (χ1v) is 10.1. The highest BCUT2D eigenvalue weighted by Crippen LogP contribution is 2.35. The average molecular weight is 441 g/mol. The number of imidazole rings is 1. The van der Waals surface area contributed by atoms with Crippen LogP contribution in [0.5, 0.6) is 0 Å². The number of rotatable bonds is 3. The molecular weight excluding hydrogens is 423 g/mol. The molecule has 0 unspecified atom stereocenters. The van der Waals surface area contributed by atoms with Crippen LogP contribution in [0.25, 0.3) is 26.8 Å². The van der Waals surface area contributed by atoms with Gasteiger partial charge in [-0.05, 0) is 31.9 Å². The Morgan fingerprint density at radius 3 is 2.84 bits per heavy atom. The molecule has 0 saturated carbocycles. The van der Waals surface area contributed by atoms with Gasteiger partial charge >= 0.3 is 6.18 Å². The van der Waals surface area contributed by atoms with Gasteiger partial charge in [-0.3, -0.25) is 4.98 Å². The predicted octanol–water partition coefficient (Wildman–Crippen LogP) is 4.53. The van der Waals surface area contributed by atoms with E-state index >= 15 is 0 Å². The van der Waals surface area contributed by atoms with Crippen LogP contribution < -0.4 is 0 Å². The Morgan fingerprint density at radius 1 is 1.28 bits per heavy atom. The van der Waals surface area contributed by atoms with Crippen molar-refractivity contribution in [3.63, 3.8) is 0 Å². The zero-order valence-corrected chi connectivity index (χ0v) is 17.0. The molecule has 5 rings (SSSR count). The largest absolute Gasteiger partial charge is 0.436 e. The first-order valence-electron chi connectivity index (χ1n) is 10.1. The van der Waals surface area contributed by atoms with Gasteiger partial charge in [-0.2, -0.15) is 13.2 Å². The lowest BCUT2D eigenvalue weighted by Crippen LogP contribution is -2.27. The van der Waals surface area contributed by atoms with E-state index in [2.05, 4.69) is 24.7 Å². The summed E-state index contributed by atoms with van der Waals surface area (Å²) in [6.45, 7) is 9.95. The molecule has 1 saturated heterocycles. The Bertz CT molecular complexity index is 1350. The van der Waals surface area contributed by atoms with Crippen molar-refractivity contribution in [3.8, 4) is 0 Å². The van der Waals surface area contributed by atoms with E-state index in [0.29, 0.717) is 23.6 Å². The molecule has 1 fully saturated rings. The highest BCUT2D eigenvalue weighted by Gasteiger charge is 2.35. The lowest BCUT2D eigenvalue weighted by molar-refractivity contribution is -0.141. The molecule has 0 bridgehead atoms. The van der Waals surface area contributed by atoms with Crippen molar-refractivity contribution in [3.05, 3.63) is 53.5 Å². The van der Waals surface area contributed by atoms with Crippen LogP contribution in [-0.2, 0) is 17.5 Å². The monoisotopic (exact) mass is 441 g/mol. The summed E-state index contributed by atoms with van der Waals surface area (Å²) >= 11 is 0. The third-order valence-electron chi connectivity index (χ3n) is 5.66. The Morgan fingerprint density at radius 2 is 2.12 bits per heavy atom. The van der Waals surface area contributed by atoms with Crippen molar-refractivity contribution in [2.45, 2.75) is 44.6 Å². The molecule has 164 valence electrons. The maximum absolute atomic E-state index is 13.0. The van der Waals surface area contributed by atoms with Gasteiger partial charge in [0.15, 0.2) is 11.4 Å². The highest BCUT2D eigenvalue weighted by molar-refractivity contribution is 6.03. The lowest BCUT2D eigenvalue weighted by atomic mass is 10.0. The van der Waals surface area contributed by atoms with Gasteiger partial charge in [-0.1, -0.05) is 11.3 Å². The number of fused-ring (bicyclic) bond motifs is 3. The molecule has 8 nitrogen and oxygen atoms in total.